The molecule has 2 rings (SSSR count). The van der Waals surface area contributed by atoms with Crippen molar-refractivity contribution in [2.45, 2.75) is 59.2 Å². The number of rotatable bonds is 11. The monoisotopic (exact) mass is 528 g/mol. The van der Waals surface area contributed by atoms with Crippen LogP contribution in [0.2, 0.25) is 0 Å². The molecule has 0 aromatic heterocycles. The van der Waals surface area contributed by atoms with E-state index in [1.807, 2.05) is 38.7 Å². The van der Waals surface area contributed by atoms with E-state index in [2.05, 4.69) is 0 Å². The minimum atomic E-state index is -4.70. The van der Waals surface area contributed by atoms with Gasteiger partial charge in [-0.1, -0.05) is 39.8 Å². The largest absolute Gasteiger partial charge is 0.416 e. The average molecular weight is 529 g/mol. The molecule has 0 spiro atoms. The molecule has 10 heteroatoms. The van der Waals surface area contributed by atoms with Gasteiger partial charge >= 0.3 is 16.3 Å². The first-order chi connectivity index (χ1) is 16.7. The minimum Gasteiger partial charge on any atom is -0.379 e. The van der Waals surface area contributed by atoms with Gasteiger partial charge in [-0.05, 0) is 44.0 Å². The molecule has 0 N–H and O–H groups in total. The number of nitrogens with zero attached hydrogens (tertiary/aromatic N) is 2. The zero-order valence-electron chi connectivity index (χ0n) is 21.6. The predicted octanol–water partition coefficient (Wildman–Crippen LogP) is 5.96. The second kappa shape index (κ2) is 12.0. The molecule has 0 saturated carbocycles. The summed E-state index contributed by atoms with van der Waals surface area (Å²) in [6, 6.07) is 8.51. The Bertz CT molecular complexity index is 1140. The van der Waals surface area contributed by atoms with Crippen LogP contribution in [0.4, 0.5) is 18.9 Å². The van der Waals surface area contributed by atoms with Gasteiger partial charge in [-0.2, -0.15) is 21.6 Å². The molecular formula is C26H35F3N2O4S. The molecule has 0 fully saturated rings. The van der Waals surface area contributed by atoms with Gasteiger partial charge in [0, 0.05) is 49.4 Å². The Labute approximate surface area is 212 Å². The average Bonchev–Trinajstić information content (AvgIpc) is 2.79. The van der Waals surface area contributed by atoms with Crippen LogP contribution in [-0.2, 0) is 27.6 Å². The highest BCUT2D eigenvalue weighted by molar-refractivity contribution is 7.87. The summed E-state index contributed by atoms with van der Waals surface area (Å²) in [5, 5.41) is 0. The van der Waals surface area contributed by atoms with Crippen molar-refractivity contribution in [2.75, 3.05) is 24.5 Å². The molecule has 6 nitrogen and oxygen atoms in total. The van der Waals surface area contributed by atoms with Crippen molar-refractivity contribution in [2.24, 2.45) is 11.8 Å². The zero-order chi connectivity index (χ0) is 27.3. The van der Waals surface area contributed by atoms with Gasteiger partial charge in [-0.3, -0.25) is 4.79 Å². The van der Waals surface area contributed by atoms with Crippen molar-refractivity contribution in [1.29, 1.82) is 0 Å². The number of amides is 1. The van der Waals surface area contributed by atoms with Crippen molar-refractivity contribution in [3.63, 3.8) is 0 Å². The van der Waals surface area contributed by atoms with E-state index in [1.165, 1.54) is 0 Å². The lowest BCUT2D eigenvalue weighted by molar-refractivity contribution is -0.138. The molecule has 0 bridgehead atoms. The summed E-state index contributed by atoms with van der Waals surface area (Å²) in [6.07, 6.45) is -4.70. The number of hydrogen-bond acceptors (Lipinski definition) is 5. The van der Waals surface area contributed by atoms with E-state index in [-0.39, 0.29) is 30.0 Å². The molecule has 200 valence electrons. The first-order valence-electron chi connectivity index (χ1n) is 12.0. The van der Waals surface area contributed by atoms with Crippen molar-refractivity contribution >= 4 is 21.7 Å². The molecule has 0 saturated heterocycles. The van der Waals surface area contributed by atoms with Gasteiger partial charge in [0.1, 0.15) is 10.6 Å². The molecule has 0 radical (unpaired) electrons. The maximum atomic E-state index is 13.2. The summed E-state index contributed by atoms with van der Waals surface area (Å²) in [6.45, 7) is 13.3. The molecule has 1 amide bonds. The van der Waals surface area contributed by atoms with E-state index in [4.69, 9.17) is 4.18 Å². The fraction of sp³-hybridized carbons (Fsp3) is 0.500. The molecule has 2 aromatic rings. The van der Waals surface area contributed by atoms with Gasteiger partial charge in [0.25, 0.3) is 0 Å². The highest BCUT2D eigenvalue weighted by Crippen LogP contribution is 2.33. The van der Waals surface area contributed by atoms with Gasteiger partial charge in [-0.15, -0.1) is 0 Å². The lowest BCUT2D eigenvalue weighted by atomic mass is 10.1. The highest BCUT2D eigenvalue weighted by Gasteiger charge is 2.32. The van der Waals surface area contributed by atoms with Crippen LogP contribution in [0.25, 0.3) is 0 Å². The molecule has 0 atom stereocenters. The normalized spacial score (nSPS) is 12.2. The van der Waals surface area contributed by atoms with Crippen LogP contribution in [0.5, 0.6) is 5.75 Å². The van der Waals surface area contributed by atoms with Crippen LogP contribution in [-0.4, -0.2) is 38.9 Å². The molecule has 0 aliphatic carbocycles. The van der Waals surface area contributed by atoms with E-state index in [9.17, 15) is 26.4 Å². The maximum Gasteiger partial charge on any atom is 0.416 e. The van der Waals surface area contributed by atoms with Crippen LogP contribution < -0.4 is 9.08 Å². The molecule has 2 aromatic carbocycles. The van der Waals surface area contributed by atoms with Gasteiger partial charge in [0.05, 0.1) is 5.56 Å². The first kappa shape index (κ1) is 29.5. The second-order valence-electron chi connectivity index (χ2n) is 9.29. The third-order valence-electron chi connectivity index (χ3n) is 5.58. The second-order valence-corrected chi connectivity index (χ2v) is 10.8. The number of carbonyl (C=O) groups is 1. The summed E-state index contributed by atoms with van der Waals surface area (Å²) in [4.78, 5) is 15.9. The van der Waals surface area contributed by atoms with Gasteiger partial charge in [-0.25, -0.2) is 0 Å². The van der Waals surface area contributed by atoms with Gasteiger partial charge in [0.2, 0.25) is 5.91 Å². The summed E-state index contributed by atoms with van der Waals surface area (Å²) in [7, 11) is -4.59. The Morgan fingerprint density at radius 2 is 1.64 bits per heavy atom. The topological polar surface area (TPSA) is 66.9 Å². The van der Waals surface area contributed by atoms with Crippen molar-refractivity contribution in [1.82, 2.24) is 4.90 Å². The molecule has 0 unspecified atom stereocenters. The van der Waals surface area contributed by atoms with Crippen LogP contribution >= 0.6 is 0 Å². The van der Waals surface area contributed by atoms with Gasteiger partial charge < -0.3 is 14.0 Å². The Kier molecular flexibility index (Phi) is 9.82. The predicted molar refractivity (Wildman–Crippen MR) is 134 cm³/mol. The van der Waals surface area contributed by atoms with E-state index in [0.717, 1.165) is 18.2 Å². The van der Waals surface area contributed by atoms with Crippen molar-refractivity contribution in [3.05, 3.63) is 53.6 Å². The highest BCUT2D eigenvalue weighted by atomic mass is 32.2. The minimum absolute atomic E-state index is 0.0258. The fourth-order valence-electron chi connectivity index (χ4n) is 3.78. The van der Waals surface area contributed by atoms with Crippen LogP contribution in [0.15, 0.2) is 47.4 Å². The molecule has 36 heavy (non-hydrogen) atoms. The number of anilines is 1. The summed E-state index contributed by atoms with van der Waals surface area (Å²) < 4.78 is 71.1. The fourth-order valence-corrected chi connectivity index (χ4v) is 4.78. The van der Waals surface area contributed by atoms with Crippen molar-refractivity contribution < 1.29 is 30.6 Å². The number of hydrogen-bond donors (Lipinski definition) is 0. The Morgan fingerprint density at radius 1 is 1.00 bits per heavy atom. The SMILES string of the molecule is CCN(CC)c1ccc(CN(CC(C)C)C(=O)C(C)C)c(OS(=O)(=O)c2cccc(C(F)(F)F)c2)c1. The number of benzene rings is 2. The third kappa shape index (κ3) is 7.62. The van der Waals surface area contributed by atoms with Crippen LogP contribution in [0.1, 0.15) is 52.7 Å². The number of halogens is 3. The zero-order valence-corrected chi connectivity index (χ0v) is 22.4. The third-order valence-corrected chi connectivity index (χ3v) is 6.81. The van der Waals surface area contributed by atoms with Crippen LogP contribution in [0.3, 0.4) is 0 Å². The van der Waals surface area contributed by atoms with Crippen LogP contribution in [0, 0.1) is 11.8 Å². The number of alkyl halides is 3. The lowest BCUT2D eigenvalue weighted by Gasteiger charge is -2.28. The van der Waals surface area contributed by atoms with E-state index >= 15 is 0 Å². The molecule has 0 heterocycles. The van der Waals surface area contributed by atoms with Gasteiger partial charge in [0.15, 0.2) is 0 Å². The Hall–Kier alpha value is -2.75. The molecule has 0 aliphatic heterocycles. The first-order valence-corrected chi connectivity index (χ1v) is 13.4. The lowest BCUT2D eigenvalue weighted by Crippen LogP contribution is -2.36. The summed E-state index contributed by atoms with van der Waals surface area (Å²) >= 11 is 0. The van der Waals surface area contributed by atoms with E-state index in [0.29, 0.717) is 37.0 Å². The van der Waals surface area contributed by atoms with Crippen molar-refractivity contribution in [3.8, 4) is 5.75 Å². The quantitative estimate of drug-likeness (QED) is 0.337. The van der Waals surface area contributed by atoms with E-state index < -0.39 is 26.8 Å². The maximum absolute atomic E-state index is 13.2. The summed E-state index contributed by atoms with van der Waals surface area (Å²) in [5.74, 6) is -0.219. The Balaban J connectivity index is 2.56. The molecular weight excluding hydrogens is 493 g/mol. The van der Waals surface area contributed by atoms with E-state index in [1.54, 1.807) is 30.9 Å². The Morgan fingerprint density at radius 3 is 2.17 bits per heavy atom. The number of carbonyl (C=O) groups excluding carboxylic acids is 1. The smallest absolute Gasteiger partial charge is 0.379 e. The molecule has 0 aliphatic rings. The summed E-state index contributed by atoms with van der Waals surface area (Å²) in [5.41, 5.74) is 0.0506. The standard InChI is InChI=1S/C26H35F3N2O4S/c1-7-30(8-2)22-13-12-20(17-31(16-18(3)4)25(32)19(5)6)24(15-22)35-36(33,34)23-11-9-10-21(14-23)26(27,28)29/h9-15,18-19H,7-8,16-17H2,1-6H3.